The number of carbonyl (C=O) groups is 3. The van der Waals surface area contributed by atoms with E-state index in [0.29, 0.717) is 11.1 Å². The molecule has 2 fully saturated rings. The second-order valence-electron chi connectivity index (χ2n) is 10.8. The Labute approximate surface area is 250 Å². The maximum Gasteiger partial charge on any atom is 0.488 e. The summed E-state index contributed by atoms with van der Waals surface area (Å²) in [5, 5.41) is 4.69. The normalized spacial score (nSPS) is 18.9. The number of urea groups is 1. The van der Waals surface area contributed by atoms with E-state index in [9.17, 15) is 36.3 Å². The Bertz CT molecular complexity index is 1490. The van der Waals surface area contributed by atoms with Crippen LogP contribution < -0.4 is 10.6 Å². The number of likely N-dealkylation sites (tertiary alicyclic amines) is 1. The number of alkyl halides is 4. The van der Waals surface area contributed by atoms with Gasteiger partial charge in [0.05, 0.1) is 31.4 Å². The van der Waals surface area contributed by atoms with Crippen LogP contribution in [0.3, 0.4) is 0 Å². The molecular formula is C31H30F5N5O3. The molecule has 3 atom stereocenters. The van der Waals surface area contributed by atoms with Crippen molar-refractivity contribution in [1.29, 1.82) is 0 Å². The van der Waals surface area contributed by atoms with Crippen molar-refractivity contribution < 1.29 is 36.3 Å². The highest BCUT2D eigenvalue weighted by Gasteiger charge is 2.43. The molecule has 5 rings (SSSR count). The lowest BCUT2D eigenvalue weighted by Gasteiger charge is -2.28. The monoisotopic (exact) mass is 615 g/mol. The lowest BCUT2D eigenvalue weighted by molar-refractivity contribution is -0.227. The van der Waals surface area contributed by atoms with Crippen molar-refractivity contribution in [2.24, 2.45) is 0 Å². The van der Waals surface area contributed by atoms with E-state index in [4.69, 9.17) is 0 Å². The highest BCUT2D eigenvalue weighted by Crippen LogP contribution is 2.41. The van der Waals surface area contributed by atoms with Gasteiger partial charge < -0.3 is 15.5 Å². The standard InChI is InChI=1S/C31H30F5N5O3/c32-22-15-25(40(18-22)26(42)16-37-30(44)41(31(34,35)36)17-19-7-3-1-4-8-19)29(43)39-27(21-9-5-2-6-10-21)24-14-13-23(20-11-12-20)28(33)38-24/h1-10,13-14,20,22,25,27H,11-12,15-18H2,(H,37,44)(H,39,43)/t22-,25+,27+/m1/s1. The van der Waals surface area contributed by atoms with E-state index in [0.717, 1.165) is 17.7 Å². The number of hydrogen-bond acceptors (Lipinski definition) is 4. The summed E-state index contributed by atoms with van der Waals surface area (Å²) in [6.07, 6.45) is -5.25. The van der Waals surface area contributed by atoms with Crippen LogP contribution in [-0.4, -0.2) is 64.2 Å². The SMILES string of the molecule is O=C(N[C@@H](c1ccccc1)c1ccc(C2CC2)c(F)n1)[C@@H]1C[C@@H](F)CN1C(=O)CNC(=O)N(Cc1ccccc1)C(F)(F)F. The van der Waals surface area contributed by atoms with Crippen LogP contribution in [0, 0.1) is 5.95 Å². The van der Waals surface area contributed by atoms with E-state index in [-0.39, 0.29) is 28.5 Å². The highest BCUT2D eigenvalue weighted by atomic mass is 19.4. The van der Waals surface area contributed by atoms with Gasteiger partial charge in [-0.3, -0.25) is 9.59 Å². The van der Waals surface area contributed by atoms with Gasteiger partial charge in [-0.05, 0) is 36.0 Å². The lowest BCUT2D eigenvalue weighted by Crippen LogP contribution is -2.52. The Morgan fingerprint density at radius 3 is 2.25 bits per heavy atom. The van der Waals surface area contributed by atoms with Gasteiger partial charge >= 0.3 is 12.3 Å². The average Bonchev–Trinajstić information content (AvgIpc) is 3.77. The Balaban J connectivity index is 1.28. The number of carbonyl (C=O) groups excluding carboxylic acids is 3. The summed E-state index contributed by atoms with van der Waals surface area (Å²) in [7, 11) is 0. The predicted molar refractivity (Wildman–Crippen MR) is 149 cm³/mol. The first-order valence-electron chi connectivity index (χ1n) is 14.1. The summed E-state index contributed by atoms with van der Waals surface area (Å²) in [5.41, 5.74) is 1.48. The first-order valence-corrected chi connectivity index (χ1v) is 14.1. The van der Waals surface area contributed by atoms with Gasteiger partial charge in [0.25, 0.3) is 0 Å². The minimum Gasteiger partial charge on any atom is -0.342 e. The zero-order valence-electron chi connectivity index (χ0n) is 23.4. The van der Waals surface area contributed by atoms with Crippen LogP contribution in [0.1, 0.15) is 53.6 Å². The van der Waals surface area contributed by atoms with Crippen molar-refractivity contribution >= 4 is 17.8 Å². The molecule has 44 heavy (non-hydrogen) atoms. The number of pyridine rings is 1. The molecule has 1 aromatic heterocycles. The summed E-state index contributed by atoms with van der Waals surface area (Å²) < 4.78 is 70.3. The zero-order chi connectivity index (χ0) is 31.4. The quantitative estimate of drug-likeness (QED) is 0.202. The maximum absolute atomic E-state index is 14.8. The van der Waals surface area contributed by atoms with E-state index in [1.807, 2.05) is 5.32 Å². The van der Waals surface area contributed by atoms with Gasteiger partial charge in [-0.15, -0.1) is 13.2 Å². The first kappa shape index (κ1) is 30.9. The average molecular weight is 616 g/mol. The van der Waals surface area contributed by atoms with Gasteiger partial charge in [0.2, 0.25) is 17.8 Å². The van der Waals surface area contributed by atoms with Crippen molar-refractivity contribution in [1.82, 2.24) is 25.4 Å². The summed E-state index contributed by atoms with van der Waals surface area (Å²) in [6.45, 7) is -2.17. The Morgan fingerprint density at radius 1 is 0.977 bits per heavy atom. The maximum atomic E-state index is 14.8. The topological polar surface area (TPSA) is 94.6 Å². The Morgan fingerprint density at radius 2 is 1.64 bits per heavy atom. The zero-order valence-corrected chi connectivity index (χ0v) is 23.4. The Hall–Kier alpha value is -4.55. The van der Waals surface area contributed by atoms with E-state index < -0.39 is 68.0 Å². The third-order valence-electron chi connectivity index (χ3n) is 7.63. The predicted octanol–water partition coefficient (Wildman–Crippen LogP) is 4.97. The third-order valence-corrected chi connectivity index (χ3v) is 7.63. The molecule has 3 aromatic rings. The third kappa shape index (κ3) is 7.32. The smallest absolute Gasteiger partial charge is 0.342 e. The molecule has 1 aliphatic carbocycles. The Kier molecular flexibility index (Phi) is 9.12. The minimum absolute atomic E-state index is 0.114. The van der Waals surface area contributed by atoms with Gasteiger partial charge in [-0.2, -0.15) is 4.39 Å². The van der Waals surface area contributed by atoms with E-state index in [2.05, 4.69) is 10.3 Å². The van der Waals surface area contributed by atoms with Gasteiger partial charge in [-0.1, -0.05) is 66.7 Å². The molecule has 13 heteroatoms. The van der Waals surface area contributed by atoms with Crippen LogP contribution in [0.15, 0.2) is 72.8 Å². The second-order valence-corrected chi connectivity index (χ2v) is 10.8. The van der Waals surface area contributed by atoms with Crippen LogP contribution in [0.4, 0.5) is 26.7 Å². The summed E-state index contributed by atoms with van der Waals surface area (Å²) >= 11 is 0. The van der Waals surface area contributed by atoms with Gasteiger partial charge in [-0.25, -0.2) is 19.1 Å². The lowest BCUT2D eigenvalue weighted by atomic mass is 10.0. The van der Waals surface area contributed by atoms with Crippen LogP contribution >= 0.6 is 0 Å². The molecule has 0 spiro atoms. The number of hydrogen-bond donors (Lipinski definition) is 2. The minimum atomic E-state index is -5.04. The molecule has 8 nitrogen and oxygen atoms in total. The molecule has 4 amide bonds. The first-order chi connectivity index (χ1) is 21.0. The van der Waals surface area contributed by atoms with Crippen molar-refractivity contribution in [3.63, 3.8) is 0 Å². The molecule has 0 bridgehead atoms. The van der Waals surface area contributed by atoms with Crippen LogP contribution in [0.5, 0.6) is 0 Å². The van der Waals surface area contributed by atoms with Crippen molar-refractivity contribution in [2.75, 3.05) is 13.1 Å². The van der Waals surface area contributed by atoms with E-state index in [1.54, 1.807) is 48.5 Å². The molecule has 0 radical (unpaired) electrons. The molecule has 2 aromatic carbocycles. The molecule has 1 aliphatic heterocycles. The number of amides is 4. The van der Waals surface area contributed by atoms with Gasteiger partial charge in [0.15, 0.2) is 0 Å². The summed E-state index contributed by atoms with van der Waals surface area (Å²) in [5.74, 6) is -2.22. The van der Waals surface area contributed by atoms with Crippen LogP contribution in [0.2, 0.25) is 0 Å². The molecule has 2 heterocycles. The molecule has 2 aliphatic rings. The fourth-order valence-electron chi connectivity index (χ4n) is 5.23. The fourth-order valence-corrected chi connectivity index (χ4v) is 5.23. The number of rotatable bonds is 9. The van der Waals surface area contributed by atoms with Gasteiger partial charge in [0, 0.05) is 12.0 Å². The second kappa shape index (κ2) is 13.0. The highest BCUT2D eigenvalue weighted by molar-refractivity contribution is 5.91. The molecular weight excluding hydrogens is 585 g/mol. The molecule has 2 N–H and O–H groups in total. The van der Waals surface area contributed by atoms with Crippen LogP contribution in [0.25, 0.3) is 0 Å². The number of aromatic nitrogens is 1. The number of nitrogens with one attached hydrogen (secondary N) is 2. The summed E-state index contributed by atoms with van der Waals surface area (Å²) in [4.78, 5) is 43.6. The van der Waals surface area contributed by atoms with Crippen molar-refractivity contribution in [3.8, 4) is 0 Å². The van der Waals surface area contributed by atoms with Gasteiger partial charge in [0.1, 0.15) is 12.2 Å². The fraction of sp³-hybridized carbons (Fsp3) is 0.355. The molecule has 232 valence electrons. The largest absolute Gasteiger partial charge is 0.488 e. The molecule has 1 saturated heterocycles. The van der Waals surface area contributed by atoms with Crippen molar-refractivity contribution in [2.45, 2.75) is 56.3 Å². The number of benzene rings is 2. The summed E-state index contributed by atoms with van der Waals surface area (Å²) in [6, 6.07) is 15.5. The molecule has 0 unspecified atom stereocenters. The number of halogens is 5. The van der Waals surface area contributed by atoms with E-state index >= 15 is 0 Å². The molecule has 1 saturated carbocycles. The van der Waals surface area contributed by atoms with Crippen LogP contribution in [-0.2, 0) is 16.1 Å². The number of nitrogens with zero attached hydrogens (tertiary/aromatic N) is 3. The van der Waals surface area contributed by atoms with E-state index in [1.165, 1.54) is 24.3 Å². The van der Waals surface area contributed by atoms with Crippen molar-refractivity contribution in [3.05, 3.63) is 101 Å².